The number of ether oxygens (including phenoxy) is 1. The maximum absolute atomic E-state index is 8.65. The van der Waals surface area contributed by atoms with E-state index in [4.69, 9.17) is 14.9 Å². The van der Waals surface area contributed by atoms with Crippen molar-refractivity contribution in [3.8, 4) is 17.2 Å². The summed E-state index contributed by atoms with van der Waals surface area (Å²) >= 11 is 0. The van der Waals surface area contributed by atoms with Gasteiger partial charge in [0.25, 0.3) is 0 Å². The monoisotopic (exact) mass is 244 g/mol. The van der Waals surface area contributed by atoms with Gasteiger partial charge in [-0.1, -0.05) is 18.2 Å². The van der Waals surface area contributed by atoms with Crippen molar-refractivity contribution >= 4 is 0 Å². The Hall–Kier alpha value is -2.16. The summed E-state index contributed by atoms with van der Waals surface area (Å²) in [5.41, 5.74) is 1.36. The second-order valence-corrected chi connectivity index (χ2v) is 4.08. The molecule has 3 heteroatoms. The SMILES string of the molecule is Oc1ccc(O)cc1.c1ccc2c(c1)CCCO2. The minimum absolute atomic E-state index is 0.169. The van der Waals surface area contributed by atoms with Gasteiger partial charge in [0, 0.05) is 0 Å². The van der Waals surface area contributed by atoms with Crippen molar-refractivity contribution in [2.24, 2.45) is 0 Å². The number of phenols is 2. The molecule has 18 heavy (non-hydrogen) atoms. The van der Waals surface area contributed by atoms with E-state index >= 15 is 0 Å². The summed E-state index contributed by atoms with van der Waals surface area (Å²) in [5, 5.41) is 17.3. The quantitative estimate of drug-likeness (QED) is 0.700. The summed E-state index contributed by atoms with van der Waals surface area (Å²) in [7, 11) is 0. The van der Waals surface area contributed by atoms with E-state index in [0.29, 0.717) is 0 Å². The van der Waals surface area contributed by atoms with Gasteiger partial charge in [0.1, 0.15) is 17.2 Å². The van der Waals surface area contributed by atoms with Gasteiger partial charge >= 0.3 is 0 Å². The third kappa shape index (κ3) is 3.42. The van der Waals surface area contributed by atoms with Crippen molar-refractivity contribution in [1.29, 1.82) is 0 Å². The van der Waals surface area contributed by atoms with Crippen LogP contribution >= 0.6 is 0 Å². The lowest BCUT2D eigenvalue weighted by atomic mass is 10.1. The van der Waals surface area contributed by atoms with E-state index in [1.807, 2.05) is 12.1 Å². The van der Waals surface area contributed by atoms with Crippen LogP contribution in [0.1, 0.15) is 12.0 Å². The fourth-order valence-corrected chi connectivity index (χ4v) is 1.75. The van der Waals surface area contributed by atoms with Crippen molar-refractivity contribution in [2.75, 3.05) is 6.61 Å². The number of aromatic hydroxyl groups is 2. The van der Waals surface area contributed by atoms with E-state index in [9.17, 15) is 0 Å². The molecule has 0 unspecified atom stereocenters. The molecule has 0 aliphatic carbocycles. The summed E-state index contributed by atoms with van der Waals surface area (Å²) in [4.78, 5) is 0. The van der Waals surface area contributed by atoms with Gasteiger partial charge < -0.3 is 14.9 Å². The number of para-hydroxylation sites is 1. The number of aryl methyl sites for hydroxylation is 1. The number of fused-ring (bicyclic) bond motifs is 1. The summed E-state index contributed by atoms with van der Waals surface area (Å²) in [6, 6.07) is 14.0. The maximum atomic E-state index is 8.65. The van der Waals surface area contributed by atoms with Gasteiger partial charge in [-0.25, -0.2) is 0 Å². The second kappa shape index (κ2) is 5.96. The molecule has 0 fully saturated rings. The van der Waals surface area contributed by atoms with Gasteiger partial charge in [0.05, 0.1) is 6.61 Å². The van der Waals surface area contributed by atoms with Gasteiger partial charge in [0.2, 0.25) is 0 Å². The Balaban J connectivity index is 0.000000138. The smallest absolute Gasteiger partial charge is 0.122 e. The minimum atomic E-state index is 0.169. The first-order chi connectivity index (χ1) is 8.75. The van der Waals surface area contributed by atoms with Crippen molar-refractivity contribution in [1.82, 2.24) is 0 Å². The largest absolute Gasteiger partial charge is 0.508 e. The molecule has 2 aromatic rings. The Morgan fingerprint density at radius 3 is 2.06 bits per heavy atom. The van der Waals surface area contributed by atoms with Crippen molar-refractivity contribution in [3.63, 3.8) is 0 Å². The fraction of sp³-hybridized carbons (Fsp3) is 0.200. The van der Waals surface area contributed by atoms with Gasteiger partial charge in [-0.2, -0.15) is 0 Å². The third-order valence-corrected chi connectivity index (χ3v) is 2.67. The van der Waals surface area contributed by atoms with Crippen LogP contribution < -0.4 is 4.74 Å². The molecule has 2 aromatic carbocycles. The molecular weight excluding hydrogens is 228 g/mol. The van der Waals surface area contributed by atoms with E-state index in [1.54, 1.807) is 0 Å². The van der Waals surface area contributed by atoms with E-state index in [1.165, 1.54) is 36.2 Å². The third-order valence-electron chi connectivity index (χ3n) is 2.67. The molecule has 0 amide bonds. The lowest BCUT2D eigenvalue weighted by Gasteiger charge is -2.15. The Labute approximate surface area is 106 Å². The highest BCUT2D eigenvalue weighted by Crippen LogP contribution is 2.23. The van der Waals surface area contributed by atoms with Crippen LogP contribution in [0.25, 0.3) is 0 Å². The Morgan fingerprint density at radius 2 is 1.44 bits per heavy atom. The van der Waals surface area contributed by atoms with Crippen molar-refractivity contribution in [2.45, 2.75) is 12.8 Å². The van der Waals surface area contributed by atoms with Crippen molar-refractivity contribution in [3.05, 3.63) is 54.1 Å². The van der Waals surface area contributed by atoms with Crippen LogP contribution in [0, 0.1) is 0 Å². The van der Waals surface area contributed by atoms with Crippen LogP contribution in [-0.4, -0.2) is 16.8 Å². The molecule has 3 nitrogen and oxygen atoms in total. The molecule has 0 saturated heterocycles. The Kier molecular flexibility index (Phi) is 4.07. The molecule has 0 aromatic heterocycles. The highest BCUT2D eigenvalue weighted by Gasteiger charge is 2.06. The van der Waals surface area contributed by atoms with E-state index in [-0.39, 0.29) is 11.5 Å². The summed E-state index contributed by atoms with van der Waals surface area (Å²) in [6.07, 6.45) is 2.34. The van der Waals surface area contributed by atoms with Crippen molar-refractivity contribution < 1.29 is 14.9 Å². The normalized spacial score (nSPS) is 12.7. The highest BCUT2D eigenvalue weighted by molar-refractivity contribution is 5.34. The Bertz CT molecular complexity index is 445. The molecule has 94 valence electrons. The molecule has 0 radical (unpaired) electrons. The number of benzene rings is 2. The highest BCUT2D eigenvalue weighted by atomic mass is 16.5. The van der Waals surface area contributed by atoms with E-state index < -0.39 is 0 Å². The number of hydrogen-bond acceptors (Lipinski definition) is 3. The zero-order chi connectivity index (χ0) is 12.8. The van der Waals surface area contributed by atoms with Crippen LogP contribution in [0.15, 0.2) is 48.5 Å². The summed E-state index contributed by atoms with van der Waals surface area (Å²) in [5.74, 6) is 1.42. The lowest BCUT2D eigenvalue weighted by molar-refractivity contribution is 0.288. The standard InChI is InChI=1S/C9H10O.C6H6O2/c1-2-6-9-8(4-1)5-3-7-10-9;7-5-1-2-6(8)4-3-5/h1-2,4,6H,3,5,7H2;1-4,7-8H. The molecular formula is C15H16O3. The molecule has 1 heterocycles. The molecule has 0 saturated carbocycles. The maximum Gasteiger partial charge on any atom is 0.122 e. The molecule has 1 aliphatic heterocycles. The molecule has 0 atom stereocenters. The first-order valence-corrected chi connectivity index (χ1v) is 5.94. The number of phenolic OH excluding ortho intramolecular Hbond substituents is 2. The molecule has 2 N–H and O–H groups in total. The zero-order valence-corrected chi connectivity index (χ0v) is 10.0. The van der Waals surface area contributed by atoms with Crippen LogP contribution in [-0.2, 0) is 6.42 Å². The molecule has 3 rings (SSSR count). The second-order valence-electron chi connectivity index (χ2n) is 4.08. The average Bonchev–Trinajstić information content (AvgIpc) is 2.43. The van der Waals surface area contributed by atoms with Gasteiger partial charge in [0.15, 0.2) is 0 Å². The molecule has 0 bridgehead atoms. The predicted molar refractivity (Wildman–Crippen MR) is 70.0 cm³/mol. The van der Waals surface area contributed by atoms with Gasteiger partial charge in [-0.3, -0.25) is 0 Å². The van der Waals surface area contributed by atoms with Crippen LogP contribution in [0.5, 0.6) is 17.2 Å². The number of hydrogen-bond donors (Lipinski definition) is 2. The zero-order valence-electron chi connectivity index (χ0n) is 10.0. The lowest BCUT2D eigenvalue weighted by Crippen LogP contribution is -2.07. The first-order valence-electron chi connectivity index (χ1n) is 5.94. The van der Waals surface area contributed by atoms with Crippen LogP contribution in [0.3, 0.4) is 0 Å². The fourth-order valence-electron chi connectivity index (χ4n) is 1.75. The van der Waals surface area contributed by atoms with E-state index in [2.05, 4.69) is 12.1 Å². The minimum Gasteiger partial charge on any atom is -0.508 e. The van der Waals surface area contributed by atoms with E-state index in [0.717, 1.165) is 18.8 Å². The van der Waals surface area contributed by atoms with Crippen LogP contribution in [0.4, 0.5) is 0 Å². The molecule has 0 spiro atoms. The van der Waals surface area contributed by atoms with Gasteiger partial charge in [-0.15, -0.1) is 0 Å². The Morgan fingerprint density at radius 1 is 0.833 bits per heavy atom. The molecule has 1 aliphatic rings. The summed E-state index contributed by atoms with van der Waals surface area (Å²) < 4.78 is 5.42. The summed E-state index contributed by atoms with van der Waals surface area (Å²) in [6.45, 7) is 0.886. The van der Waals surface area contributed by atoms with Crippen LogP contribution in [0.2, 0.25) is 0 Å². The first kappa shape index (κ1) is 12.3. The predicted octanol–water partition coefficient (Wildman–Crippen LogP) is 3.11. The average molecular weight is 244 g/mol. The number of rotatable bonds is 0. The topological polar surface area (TPSA) is 49.7 Å². The van der Waals surface area contributed by atoms with Gasteiger partial charge in [-0.05, 0) is 48.7 Å².